The van der Waals surface area contributed by atoms with Crippen molar-refractivity contribution in [2.24, 2.45) is 5.92 Å². The van der Waals surface area contributed by atoms with Gasteiger partial charge < -0.3 is 15.5 Å². The van der Waals surface area contributed by atoms with Crippen molar-refractivity contribution >= 4 is 35.7 Å². The number of nitrogens with zero attached hydrogens (tertiary/aromatic N) is 4. The zero-order valence-corrected chi connectivity index (χ0v) is 14.4. The highest BCUT2D eigenvalue weighted by Gasteiger charge is 2.40. The largest absolute Gasteiger partial charge is 0.322 e. The number of likely N-dealkylation sites (tertiary alicyclic amines) is 1. The molecule has 0 radical (unpaired) electrons. The first-order valence-corrected chi connectivity index (χ1v) is 8.03. The van der Waals surface area contributed by atoms with Crippen molar-refractivity contribution in [2.45, 2.75) is 12.5 Å². The van der Waals surface area contributed by atoms with Crippen LogP contribution in [0.3, 0.4) is 0 Å². The molecule has 0 spiro atoms. The van der Waals surface area contributed by atoms with Crippen LogP contribution in [0.5, 0.6) is 0 Å². The Bertz CT molecular complexity index is 723. The Hall–Kier alpha value is -1.83. The molecule has 0 aliphatic carbocycles. The number of hydrogen-bond donors (Lipinski definition) is 2. The summed E-state index contributed by atoms with van der Waals surface area (Å²) in [6, 6.07) is 5.50. The maximum absolute atomic E-state index is 12.7. The standard InChI is InChI=1S/C15H17ClN6O.ClH/c16-11-1-2-13(22-9-18-8-19-22)12(5-11)20-15(23)21-4-3-10-6-17-7-14(10)21;/h1-2,5,8-10,14,17H,3-4,6-7H2,(H,20,23);1H/t10-,14+;/m0./s1. The lowest BCUT2D eigenvalue weighted by molar-refractivity contribution is 0.206. The van der Waals surface area contributed by atoms with E-state index in [1.54, 1.807) is 23.1 Å². The summed E-state index contributed by atoms with van der Waals surface area (Å²) in [4.78, 5) is 18.6. The van der Waals surface area contributed by atoms with Gasteiger partial charge in [-0.05, 0) is 30.5 Å². The molecule has 24 heavy (non-hydrogen) atoms. The second-order valence-electron chi connectivity index (χ2n) is 5.90. The molecule has 3 heterocycles. The number of aromatic nitrogens is 3. The van der Waals surface area contributed by atoms with Gasteiger partial charge in [-0.1, -0.05) is 11.6 Å². The molecule has 128 valence electrons. The molecule has 7 nitrogen and oxygen atoms in total. The van der Waals surface area contributed by atoms with E-state index in [1.807, 2.05) is 11.0 Å². The van der Waals surface area contributed by atoms with Gasteiger partial charge in [-0.3, -0.25) is 0 Å². The van der Waals surface area contributed by atoms with Crippen LogP contribution in [0.1, 0.15) is 6.42 Å². The Morgan fingerprint density at radius 2 is 2.25 bits per heavy atom. The molecule has 2 saturated heterocycles. The molecule has 2 aromatic rings. The first kappa shape index (κ1) is 17.0. The molecular formula is C15H18Cl2N6O. The molecule has 2 amide bonds. The number of urea groups is 1. The van der Waals surface area contributed by atoms with E-state index in [4.69, 9.17) is 11.6 Å². The number of carbonyl (C=O) groups is 1. The molecule has 2 aliphatic rings. The average molecular weight is 369 g/mol. The predicted octanol–water partition coefficient (Wildman–Crippen LogP) is 2.17. The van der Waals surface area contributed by atoms with Gasteiger partial charge in [-0.15, -0.1) is 12.4 Å². The first-order chi connectivity index (χ1) is 11.2. The number of fused-ring (bicyclic) bond motifs is 1. The lowest BCUT2D eigenvalue weighted by Gasteiger charge is -2.24. The van der Waals surface area contributed by atoms with Crippen LogP contribution in [-0.4, -0.2) is 51.4 Å². The minimum Gasteiger partial charge on any atom is -0.320 e. The van der Waals surface area contributed by atoms with Gasteiger partial charge in [0.15, 0.2) is 0 Å². The molecule has 0 saturated carbocycles. The Labute approximate surface area is 150 Å². The second kappa shape index (κ2) is 6.96. The molecule has 2 fully saturated rings. The smallest absolute Gasteiger partial charge is 0.320 e. The van der Waals surface area contributed by atoms with Crippen molar-refractivity contribution in [1.29, 1.82) is 0 Å². The van der Waals surface area contributed by atoms with E-state index in [2.05, 4.69) is 20.7 Å². The molecule has 4 rings (SSSR count). The molecule has 1 aromatic heterocycles. The van der Waals surface area contributed by atoms with Gasteiger partial charge in [0, 0.05) is 30.7 Å². The quantitative estimate of drug-likeness (QED) is 0.851. The number of rotatable bonds is 2. The molecule has 2 aliphatic heterocycles. The monoisotopic (exact) mass is 368 g/mol. The van der Waals surface area contributed by atoms with Gasteiger partial charge in [0.2, 0.25) is 0 Å². The fraction of sp³-hybridized carbons (Fsp3) is 0.400. The maximum atomic E-state index is 12.7. The molecule has 2 N–H and O–H groups in total. The van der Waals surface area contributed by atoms with E-state index in [9.17, 15) is 4.79 Å². The molecule has 0 unspecified atom stereocenters. The first-order valence-electron chi connectivity index (χ1n) is 7.65. The Kier molecular flexibility index (Phi) is 4.93. The van der Waals surface area contributed by atoms with E-state index in [-0.39, 0.29) is 24.5 Å². The Balaban J connectivity index is 0.00000169. The van der Waals surface area contributed by atoms with Crippen molar-refractivity contribution in [3.63, 3.8) is 0 Å². The van der Waals surface area contributed by atoms with Crippen LogP contribution in [0, 0.1) is 5.92 Å². The van der Waals surface area contributed by atoms with Crippen molar-refractivity contribution in [3.05, 3.63) is 35.9 Å². The highest BCUT2D eigenvalue weighted by atomic mass is 35.5. The van der Waals surface area contributed by atoms with E-state index < -0.39 is 0 Å². The number of benzene rings is 1. The summed E-state index contributed by atoms with van der Waals surface area (Å²) < 4.78 is 1.61. The fourth-order valence-electron chi connectivity index (χ4n) is 3.43. The third-order valence-corrected chi connectivity index (χ3v) is 4.81. The van der Waals surface area contributed by atoms with Crippen LogP contribution in [0.2, 0.25) is 5.02 Å². The number of nitrogens with one attached hydrogen (secondary N) is 2. The topological polar surface area (TPSA) is 75.1 Å². The molecule has 0 bridgehead atoms. The van der Waals surface area contributed by atoms with E-state index in [0.29, 0.717) is 16.6 Å². The number of hydrogen-bond acceptors (Lipinski definition) is 4. The third kappa shape index (κ3) is 3.07. The van der Waals surface area contributed by atoms with Gasteiger partial charge >= 0.3 is 6.03 Å². The van der Waals surface area contributed by atoms with Gasteiger partial charge in [0.05, 0.1) is 11.4 Å². The van der Waals surface area contributed by atoms with Crippen molar-refractivity contribution in [3.8, 4) is 5.69 Å². The third-order valence-electron chi connectivity index (χ3n) is 4.57. The zero-order chi connectivity index (χ0) is 15.8. The van der Waals surface area contributed by atoms with Gasteiger partial charge in [0.25, 0.3) is 0 Å². The normalized spacial score (nSPS) is 22.1. The van der Waals surface area contributed by atoms with Crippen molar-refractivity contribution < 1.29 is 4.79 Å². The highest BCUT2D eigenvalue weighted by Crippen LogP contribution is 2.29. The lowest BCUT2D eigenvalue weighted by Crippen LogP contribution is -2.41. The summed E-state index contributed by atoms with van der Waals surface area (Å²) in [6.45, 7) is 2.65. The Morgan fingerprint density at radius 3 is 3.04 bits per heavy atom. The van der Waals surface area contributed by atoms with E-state index in [1.165, 1.54) is 6.33 Å². The van der Waals surface area contributed by atoms with Crippen LogP contribution in [0.4, 0.5) is 10.5 Å². The van der Waals surface area contributed by atoms with Crippen LogP contribution >= 0.6 is 24.0 Å². The van der Waals surface area contributed by atoms with Crippen LogP contribution in [-0.2, 0) is 0 Å². The highest BCUT2D eigenvalue weighted by molar-refractivity contribution is 6.31. The number of carbonyl (C=O) groups excluding carboxylic acids is 1. The second-order valence-corrected chi connectivity index (χ2v) is 6.34. The van der Waals surface area contributed by atoms with Gasteiger partial charge in [-0.2, -0.15) is 5.10 Å². The molecule has 2 atom stereocenters. The maximum Gasteiger partial charge on any atom is 0.322 e. The van der Waals surface area contributed by atoms with E-state index >= 15 is 0 Å². The summed E-state index contributed by atoms with van der Waals surface area (Å²) in [5.74, 6) is 0.565. The predicted molar refractivity (Wildman–Crippen MR) is 94.1 cm³/mol. The van der Waals surface area contributed by atoms with Crippen molar-refractivity contribution in [1.82, 2.24) is 25.0 Å². The van der Waals surface area contributed by atoms with Crippen LogP contribution in [0.25, 0.3) is 5.69 Å². The van der Waals surface area contributed by atoms with Crippen molar-refractivity contribution in [2.75, 3.05) is 25.0 Å². The summed E-state index contributed by atoms with van der Waals surface area (Å²) >= 11 is 6.09. The minimum absolute atomic E-state index is 0. The average Bonchev–Trinajstić information content (AvgIpc) is 3.25. The lowest BCUT2D eigenvalue weighted by atomic mass is 10.1. The molecular weight excluding hydrogens is 351 g/mol. The molecule has 9 heteroatoms. The zero-order valence-electron chi connectivity index (χ0n) is 12.9. The van der Waals surface area contributed by atoms with E-state index in [0.717, 1.165) is 31.7 Å². The Morgan fingerprint density at radius 1 is 1.38 bits per heavy atom. The van der Waals surface area contributed by atoms with Crippen LogP contribution < -0.4 is 10.6 Å². The minimum atomic E-state index is -0.0927. The molecule has 1 aromatic carbocycles. The summed E-state index contributed by atoms with van der Waals surface area (Å²) in [5, 5.41) is 11.0. The van der Waals surface area contributed by atoms with Crippen LogP contribution in [0.15, 0.2) is 30.9 Å². The summed E-state index contributed by atoms with van der Waals surface area (Å²) in [7, 11) is 0. The number of halogens is 2. The van der Waals surface area contributed by atoms with Gasteiger partial charge in [-0.25, -0.2) is 14.5 Å². The summed E-state index contributed by atoms with van der Waals surface area (Å²) in [5.41, 5.74) is 1.36. The number of amides is 2. The van der Waals surface area contributed by atoms with Gasteiger partial charge in [0.1, 0.15) is 12.7 Å². The SMILES string of the molecule is Cl.O=C(Nc1cc(Cl)ccc1-n1cncn1)N1CC[C@H]2CNC[C@H]21. The fourth-order valence-corrected chi connectivity index (χ4v) is 3.60. The number of anilines is 1. The summed E-state index contributed by atoms with van der Waals surface area (Å²) in [6.07, 6.45) is 4.09.